The second-order valence-electron chi connectivity index (χ2n) is 6.25. The zero-order valence-electron chi connectivity index (χ0n) is 14.0. The highest BCUT2D eigenvalue weighted by atomic mass is 79.9. The molecule has 1 aliphatic carbocycles. The highest BCUT2D eigenvalue weighted by Gasteiger charge is 2.28. The molecule has 1 aliphatic rings. The van der Waals surface area contributed by atoms with Crippen molar-refractivity contribution in [3.05, 3.63) is 63.9 Å². The molecule has 0 bridgehead atoms. The molecule has 26 heavy (non-hydrogen) atoms. The first kappa shape index (κ1) is 19.0. The maximum Gasteiger partial charge on any atom is 0.252 e. The summed E-state index contributed by atoms with van der Waals surface area (Å²) in [6, 6.07) is 9.86. The molecule has 1 saturated carbocycles. The molecule has 1 amide bonds. The van der Waals surface area contributed by atoms with E-state index in [1.54, 1.807) is 25.1 Å². The van der Waals surface area contributed by atoms with Crippen LogP contribution in [-0.4, -0.2) is 20.4 Å². The van der Waals surface area contributed by atoms with Crippen LogP contribution in [0.2, 0.25) is 0 Å². The third-order valence-corrected chi connectivity index (χ3v) is 6.32. The van der Waals surface area contributed by atoms with Gasteiger partial charge in [0, 0.05) is 16.1 Å². The molecule has 1 unspecified atom stereocenters. The van der Waals surface area contributed by atoms with E-state index in [-0.39, 0.29) is 16.5 Å². The van der Waals surface area contributed by atoms with Crippen LogP contribution in [0.1, 0.15) is 41.7 Å². The van der Waals surface area contributed by atoms with E-state index >= 15 is 0 Å². The third-order valence-electron chi connectivity index (χ3n) is 4.11. The Hall–Kier alpha value is -1.77. The van der Waals surface area contributed by atoms with Gasteiger partial charge in [-0.1, -0.05) is 18.2 Å². The molecular formula is C18H18BrFN2O3S. The lowest BCUT2D eigenvalue weighted by molar-refractivity contribution is 0.0938. The summed E-state index contributed by atoms with van der Waals surface area (Å²) in [4.78, 5) is 12.6. The minimum Gasteiger partial charge on any atom is -0.345 e. The molecule has 0 heterocycles. The molecule has 2 aromatic carbocycles. The number of halogens is 2. The van der Waals surface area contributed by atoms with Gasteiger partial charge in [0.05, 0.1) is 16.5 Å². The average molecular weight is 441 g/mol. The first-order valence-electron chi connectivity index (χ1n) is 8.15. The lowest BCUT2D eigenvalue weighted by atomic mass is 10.1. The van der Waals surface area contributed by atoms with Crippen LogP contribution >= 0.6 is 15.9 Å². The molecule has 2 aromatic rings. The van der Waals surface area contributed by atoms with E-state index in [1.165, 1.54) is 24.3 Å². The Morgan fingerprint density at radius 3 is 2.58 bits per heavy atom. The Morgan fingerprint density at radius 2 is 1.92 bits per heavy atom. The Bertz CT molecular complexity index is 945. The van der Waals surface area contributed by atoms with E-state index in [4.69, 9.17) is 0 Å². The summed E-state index contributed by atoms with van der Waals surface area (Å²) in [6.45, 7) is 1.67. The summed E-state index contributed by atoms with van der Waals surface area (Å²) < 4.78 is 41.6. The minimum atomic E-state index is -3.67. The van der Waals surface area contributed by atoms with Gasteiger partial charge in [-0.05, 0) is 60.0 Å². The average Bonchev–Trinajstić information content (AvgIpc) is 3.38. The minimum absolute atomic E-state index is 0.0243. The number of rotatable bonds is 6. The van der Waals surface area contributed by atoms with E-state index in [2.05, 4.69) is 26.0 Å². The largest absolute Gasteiger partial charge is 0.345 e. The van der Waals surface area contributed by atoms with Crippen LogP contribution in [0.3, 0.4) is 0 Å². The van der Waals surface area contributed by atoms with Crippen molar-refractivity contribution in [2.24, 2.45) is 0 Å². The number of hydrogen-bond acceptors (Lipinski definition) is 3. The van der Waals surface area contributed by atoms with Crippen molar-refractivity contribution >= 4 is 31.9 Å². The number of sulfonamides is 1. The third kappa shape index (κ3) is 4.31. The highest BCUT2D eigenvalue weighted by molar-refractivity contribution is 9.10. The van der Waals surface area contributed by atoms with Crippen molar-refractivity contribution in [1.82, 2.24) is 10.0 Å². The number of benzene rings is 2. The Morgan fingerprint density at radius 1 is 1.23 bits per heavy atom. The fourth-order valence-corrected chi connectivity index (χ4v) is 4.27. The normalized spacial score (nSPS) is 15.5. The molecule has 0 saturated heterocycles. The van der Waals surface area contributed by atoms with Crippen molar-refractivity contribution in [3.8, 4) is 0 Å². The van der Waals surface area contributed by atoms with Crippen LogP contribution in [-0.2, 0) is 10.0 Å². The predicted molar refractivity (Wildman–Crippen MR) is 99.8 cm³/mol. The summed E-state index contributed by atoms with van der Waals surface area (Å²) in [6.07, 6.45) is 1.65. The molecule has 1 atom stereocenters. The second-order valence-corrected chi connectivity index (χ2v) is 8.82. The lowest BCUT2D eigenvalue weighted by Gasteiger charge is -2.16. The summed E-state index contributed by atoms with van der Waals surface area (Å²) in [7, 11) is -3.67. The lowest BCUT2D eigenvalue weighted by Crippen LogP contribution is -2.29. The van der Waals surface area contributed by atoms with Crippen LogP contribution in [0.25, 0.3) is 0 Å². The summed E-state index contributed by atoms with van der Waals surface area (Å²) in [5, 5.41) is 2.70. The van der Waals surface area contributed by atoms with Gasteiger partial charge < -0.3 is 5.32 Å². The van der Waals surface area contributed by atoms with Gasteiger partial charge >= 0.3 is 0 Å². The first-order valence-corrected chi connectivity index (χ1v) is 10.4. The maximum atomic E-state index is 13.9. The van der Waals surface area contributed by atoms with E-state index < -0.39 is 27.8 Å². The van der Waals surface area contributed by atoms with Gasteiger partial charge in [-0.2, -0.15) is 0 Å². The van der Waals surface area contributed by atoms with Crippen LogP contribution in [0, 0.1) is 5.82 Å². The van der Waals surface area contributed by atoms with Gasteiger partial charge in [-0.3, -0.25) is 4.79 Å². The van der Waals surface area contributed by atoms with Crippen LogP contribution in [0.5, 0.6) is 0 Å². The summed E-state index contributed by atoms with van der Waals surface area (Å²) >= 11 is 3.27. The molecule has 138 valence electrons. The summed E-state index contributed by atoms with van der Waals surface area (Å²) in [5.74, 6) is -0.902. The van der Waals surface area contributed by atoms with Crippen molar-refractivity contribution in [2.75, 3.05) is 0 Å². The maximum absolute atomic E-state index is 13.9. The Balaban J connectivity index is 1.82. The van der Waals surface area contributed by atoms with Crippen molar-refractivity contribution < 1.29 is 17.6 Å². The molecule has 8 heteroatoms. The van der Waals surface area contributed by atoms with Gasteiger partial charge in [-0.25, -0.2) is 17.5 Å². The SMILES string of the molecule is CC(NC(=O)c1cc(S(=O)(=O)NC2CC2)ccc1Br)c1ccccc1F. The zero-order valence-corrected chi connectivity index (χ0v) is 16.4. The second kappa shape index (κ2) is 7.46. The van der Waals surface area contributed by atoms with Gasteiger partial charge in [-0.15, -0.1) is 0 Å². The van der Waals surface area contributed by atoms with E-state index in [0.717, 1.165) is 12.8 Å². The van der Waals surface area contributed by atoms with Crippen LogP contribution in [0.4, 0.5) is 4.39 Å². The molecule has 0 aliphatic heterocycles. The van der Waals surface area contributed by atoms with Crippen molar-refractivity contribution in [2.45, 2.75) is 36.7 Å². The number of amides is 1. The summed E-state index contributed by atoms with van der Waals surface area (Å²) in [5.41, 5.74) is 0.531. The van der Waals surface area contributed by atoms with Crippen LogP contribution in [0.15, 0.2) is 51.8 Å². The van der Waals surface area contributed by atoms with E-state index in [1.807, 2.05) is 0 Å². The fourth-order valence-electron chi connectivity index (χ4n) is 2.51. The quantitative estimate of drug-likeness (QED) is 0.721. The Kier molecular flexibility index (Phi) is 5.45. The molecule has 2 N–H and O–H groups in total. The van der Waals surface area contributed by atoms with Crippen molar-refractivity contribution in [3.63, 3.8) is 0 Å². The standard InChI is InChI=1S/C18H18BrFN2O3S/c1-11(14-4-2-3-5-17(14)20)21-18(23)15-10-13(8-9-16(15)19)26(24,25)22-12-6-7-12/h2-5,8-12,22H,6-7H2,1H3,(H,21,23). The molecule has 1 fully saturated rings. The fraction of sp³-hybridized carbons (Fsp3) is 0.278. The van der Waals surface area contributed by atoms with Gasteiger partial charge in [0.15, 0.2) is 0 Å². The van der Waals surface area contributed by atoms with Crippen molar-refractivity contribution in [1.29, 1.82) is 0 Å². The van der Waals surface area contributed by atoms with Crippen LogP contribution < -0.4 is 10.0 Å². The highest BCUT2D eigenvalue weighted by Crippen LogP contribution is 2.26. The molecule has 3 rings (SSSR count). The number of hydrogen-bond donors (Lipinski definition) is 2. The molecule has 0 radical (unpaired) electrons. The van der Waals surface area contributed by atoms with E-state index in [9.17, 15) is 17.6 Å². The number of carbonyl (C=O) groups excluding carboxylic acids is 1. The molecular weight excluding hydrogens is 423 g/mol. The monoisotopic (exact) mass is 440 g/mol. The van der Waals surface area contributed by atoms with Gasteiger partial charge in [0.1, 0.15) is 5.82 Å². The smallest absolute Gasteiger partial charge is 0.252 e. The Labute approximate surface area is 160 Å². The van der Waals surface area contributed by atoms with E-state index in [0.29, 0.717) is 10.0 Å². The predicted octanol–water partition coefficient (Wildman–Crippen LogP) is 3.52. The molecule has 0 aromatic heterocycles. The van der Waals surface area contributed by atoms with Gasteiger partial charge in [0.2, 0.25) is 10.0 Å². The first-order chi connectivity index (χ1) is 12.3. The zero-order chi connectivity index (χ0) is 18.9. The number of carbonyl (C=O) groups is 1. The topological polar surface area (TPSA) is 75.3 Å². The molecule has 5 nitrogen and oxygen atoms in total. The van der Waals surface area contributed by atoms with Gasteiger partial charge in [0.25, 0.3) is 5.91 Å². The molecule has 0 spiro atoms. The number of nitrogens with one attached hydrogen (secondary N) is 2.